The number of halogens is 1. The van der Waals surface area contributed by atoms with Gasteiger partial charge in [-0.1, -0.05) is 18.5 Å². The number of sulfonamides is 1. The van der Waals surface area contributed by atoms with Crippen LogP contribution in [0.4, 0.5) is 0 Å². The highest BCUT2D eigenvalue weighted by Gasteiger charge is 2.34. The molecule has 0 radical (unpaired) electrons. The number of carboxylic acids is 1. The number of hydrogen-bond donors (Lipinski definition) is 1. The van der Waals surface area contributed by atoms with Crippen LogP contribution in [0.3, 0.4) is 0 Å². The van der Waals surface area contributed by atoms with Crippen molar-refractivity contribution in [3.05, 3.63) is 28.8 Å². The molecule has 1 aromatic carbocycles. The molecule has 1 aliphatic rings. The van der Waals surface area contributed by atoms with Gasteiger partial charge >= 0.3 is 5.97 Å². The van der Waals surface area contributed by atoms with Crippen molar-refractivity contribution >= 4 is 27.6 Å². The zero-order valence-electron chi connectivity index (χ0n) is 11.5. The molecule has 1 aromatic rings. The lowest BCUT2D eigenvalue weighted by molar-refractivity contribution is 0.0314. The average Bonchev–Trinajstić information content (AvgIpc) is 2.47. The SMILES string of the molecule is CCC1COCCN1S(=O)(=O)c1cc(C(=O)O)ccc1Cl. The number of carbonyl (C=O) groups is 1. The number of nitrogens with zero attached hydrogens (tertiary/aromatic N) is 1. The molecule has 6 nitrogen and oxygen atoms in total. The van der Waals surface area contributed by atoms with E-state index >= 15 is 0 Å². The van der Waals surface area contributed by atoms with Crippen molar-refractivity contribution in [3.8, 4) is 0 Å². The molecule has 0 bridgehead atoms. The van der Waals surface area contributed by atoms with Crippen LogP contribution < -0.4 is 0 Å². The van der Waals surface area contributed by atoms with E-state index in [-0.39, 0.29) is 28.1 Å². The molecule has 2 rings (SSSR count). The van der Waals surface area contributed by atoms with Gasteiger partial charge in [0, 0.05) is 12.6 Å². The van der Waals surface area contributed by atoms with E-state index in [4.69, 9.17) is 21.4 Å². The van der Waals surface area contributed by atoms with Gasteiger partial charge in [-0.25, -0.2) is 13.2 Å². The van der Waals surface area contributed by atoms with E-state index in [0.717, 1.165) is 6.07 Å². The fourth-order valence-corrected chi connectivity index (χ4v) is 4.41. The summed E-state index contributed by atoms with van der Waals surface area (Å²) in [6, 6.07) is 3.40. The standard InChI is InChI=1S/C13H16ClNO5S/c1-2-10-8-20-6-5-15(10)21(18,19)12-7-9(13(16)17)3-4-11(12)14/h3-4,7,10H,2,5-6,8H2,1H3,(H,16,17). The predicted molar refractivity (Wildman–Crippen MR) is 77.2 cm³/mol. The molecule has 0 spiro atoms. The first kappa shape index (κ1) is 16.2. The number of hydrogen-bond acceptors (Lipinski definition) is 4. The smallest absolute Gasteiger partial charge is 0.335 e. The minimum Gasteiger partial charge on any atom is -0.478 e. The summed E-state index contributed by atoms with van der Waals surface area (Å²) in [6.07, 6.45) is 0.607. The summed E-state index contributed by atoms with van der Waals surface area (Å²) in [5.41, 5.74) is -0.112. The Kier molecular flexibility index (Phi) is 4.88. The van der Waals surface area contributed by atoms with E-state index in [0.29, 0.717) is 19.6 Å². The molecule has 1 heterocycles. The third kappa shape index (κ3) is 3.21. The summed E-state index contributed by atoms with van der Waals surface area (Å²) >= 11 is 5.97. The van der Waals surface area contributed by atoms with Crippen LogP contribution >= 0.6 is 11.6 Å². The maximum Gasteiger partial charge on any atom is 0.335 e. The largest absolute Gasteiger partial charge is 0.478 e. The molecule has 1 aliphatic heterocycles. The van der Waals surface area contributed by atoms with E-state index in [1.807, 2.05) is 6.92 Å². The lowest BCUT2D eigenvalue weighted by Gasteiger charge is -2.34. The summed E-state index contributed by atoms with van der Waals surface area (Å²) in [6.45, 7) is 2.74. The molecule has 1 saturated heterocycles. The number of carboxylic acid groups (broad SMARTS) is 1. The van der Waals surface area contributed by atoms with E-state index in [1.165, 1.54) is 16.4 Å². The molecule has 1 unspecified atom stereocenters. The minimum absolute atomic E-state index is 0.0151. The molecule has 0 aliphatic carbocycles. The van der Waals surface area contributed by atoms with Crippen LogP contribution in [-0.2, 0) is 14.8 Å². The van der Waals surface area contributed by atoms with Crippen molar-refractivity contribution in [3.63, 3.8) is 0 Å². The van der Waals surface area contributed by atoms with E-state index in [2.05, 4.69) is 0 Å². The number of ether oxygens (including phenoxy) is 1. The van der Waals surface area contributed by atoms with Crippen LogP contribution in [0.15, 0.2) is 23.1 Å². The van der Waals surface area contributed by atoms with Crippen LogP contribution in [-0.4, -0.2) is 49.6 Å². The molecule has 1 fully saturated rings. The van der Waals surface area contributed by atoms with Crippen molar-refractivity contribution in [1.82, 2.24) is 4.31 Å². The number of aromatic carboxylic acids is 1. The molecule has 0 aromatic heterocycles. The van der Waals surface area contributed by atoms with Gasteiger partial charge in [-0.15, -0.1) is 0 Å². The molecule has 8 heteroatoms. The van der Waals surface area contributed by atoms with Gasteiger partial charge in [0.2, 0.25) is 10.0 Å². The van der Waals surface area contributed by atoms with Crippen molar-refractivity contribution in [2.24, 2.45) is 0 Å². The number of rotatable bonds is 4. The minimum atomic E-state index is -3.85. The zero-order valence-corrected chi connectivity index (χ0v) is 13.0. The topological polar surface area (TPSA) is 83.9 Å². The van der Waals surface area contributed by atoms with Gasteiger partial charge in [0.1, 0.15) is 4.90 Å². The molecule has 0 amide bonds. The Bertz CT molecular complexity index is 646. The van der Waals surface area contributed by atoms with Crippen LogP contribution in [0.5, 0.6) is 0 Å². The van der Waals surface area contributed by atoms with E-state index < -0.39 is 16.0 Å². The molecular weight excluding hydrogens is 318 g/mol. The summed E-state index contributed by atoms with van der Waals surface area (Å²) in [5.74, 6) is -1.20. The number of morpholine rings is 1. The van der Waals surface area contributed by atoms with Gasteiger partial charge in [0.15, 0.2) is 0 Å². The summed E-state index contributed by atoms with van der Waals surface area (Å²) in [4.78, 5) is 10.8. The maximum atomic E-state index is 12.7. The Morgan fingerprint density at radius 1 is 1.52 bits per heavy atom. The van der Waals surface area contributed by atoms with Crippen molar-refractivity contribution in [2.75, 3.05) is 19.8 Å². The highest BCUT2D eigenvalue weighted by Crippen LogP contribution is 2.28. The van der Waals surface area contributed by atoms with Gasteiger partial charge < -0.3 is 9.84 Å². The van der Waals surface area contributed by atoms with Crippen LogP contribution in [0.25, 0.3) is 0 Å². The fourth-order valence-electron chi connectivity index (χ4n) is 2.24. The lowest BCUT2D eigenvalue weighted by atomic mass is 10.2. The predicted octanol–water partition coefficient (Wildman–Crippen LogP) is 1.84. The Morgan fingerprint density at radius 3 is 2.86 bits per heavy atom. The Hall–Kier alpha value is -1.15. The van der Waals surface area contributed by atoms with Gasteiger partial charge in [-0.05, 0) is 24.6 Å². The zero-order chi connectivity index (χ0) is 15.6. The fraction of sp³-hybridized carbons (Fsp3) is 0.462. The average molecular weight is 334 g/mol. The first-order valence-corrected chi connectivity index (χ1v) is 8.32. The monoisotopic (exact) mass is 333 g/mol. The third-order valence-electron chi connectivity index (χ3n) is 3.41. The van der Waals surface area contributed by atoms with E-state index in [9.17, 15) is 13.2 Å². The Balaban J connectivity index is 2.47. The van der Waals surface area contributed by atoms with Crippen molar-refractivity contribution in [1.29, 1.82) is 0 Å². The molecule has 1 atom stereocenters. The second-order valence-electron chi connectivity index (χ2n) is 4.70. The second kappa shape index (κ2) is 6.31. The first-order valence-electron chi connectivity index (χ1n) is 6.50. The first-order chi connectivity index (χ1) is 9.87. The maximum absolute atomic E-state index is 12.7. The quantitative estimate of drug-likeness (QED) is 0.908. The van der Waals surface area contributed by atoms with Gasteiger partial charge in [0.05, 0.1) is 23.8 Å². The molecule has 0 saturated carbocycles. The van der Waals surface area contributed by atoms with Crippen LogP contribution in [0.2, 0.25) is 5.02 Å². The van der Waals surface area contributed by atoms with E-state index in [1.54, 1.807) is 0 Å². The molecule has 1 N–H and O–H groups in total. The van der Waals surface area contributed by atoms with Crippen molar-refractivity contribution < 1.29 is 23.1 Å². The van der Waals surface area contributed by atoms with Crippen molar-refractivity contribution in [2.45, 2.75) is 24.3 Å². The second-order valence-corrected chi connectivity index (χ2v) is 6.97. The lowest BCUT2D eigenvalue weighted by Crippen LogP contribution is -2.48. The highest BCUT2D eigenvalue weighted by atomic mass is 35.5. The summed E-state index contributed by atoms with van der Waals surface area (Å²) in [7, 11) is -3.85. The third-order valence-corrected chi connectivity index (χ3v) is 5.84. The van der Waals surface area contributed by atoms with Gasteiger partial charge in [0.25, 0.3) is 0 Å². The normalized spacial score (nSPS) is 20.4. The Labute approximate surface area is 128 Å². The summed E-state index contributed by atoms with van der Waals surface area (Å²) < 4.78 is 32.1. The van der Waals surface area contributed by atoms with Gasteiger partial charge in [-0.2, -0.15) is 4.31 Å². The summed E-state index contributed by atoms with van der Waals surface area (Å²) in [5, 5.41) is 9.02. The molecular formula is C13H16ClNO5S. The Morgan fingerprint density at radius 2 is 2.24 bits per heavy atom. The molecule has 116 valence electrons. The number of benzene rings is 1. The molecule has 21 heavy (non-hydrogen) atoms. The van der Waals surface area contributed by atoms with Crippen LogP contribution in [0, 0.1) is 0 Å². The highest BCUT2D eigenvalue weighted by molar-refractivity contribution is 7.89. The van der Waals surface area contributed by atoms with Gasteiger partial charge in [-0.3, -0.25) is 0 Å². The van der Waals surface area contributed by atoms with Crippen LogP contribution in [0.1, 0.15) is 23.7 Å².